The SMILES string of the molecule is Cc1ccc(CC(=O)N2CCC(CS(=O)(=O)C(C)(C)C)CC2)c(C)c1OCC1CC1. The van der Waals surface area contributed by atoms with Crippen molar-refractivity contribution in [1.29, 1.82) is 0 Å². The third-order valence-corrected chi connectivity index (χ3v) is 9.35. The lowest BCUT2D eigenvalue weighted by Crippen LogP contribution is -2.42. The van der Waals surface area contributed by atoms with Crippen molar-refractivity contribution in [3.8, 4) is 5.75 Å². The Balaban J connectivity index is 1.56. The Morgan fingerprint density at radius 2 is 1.70 bits per heavy atom. The van der Waals surface area contributed by atoms with E-state index < -0.39 is 14.6 Å². The predicted molar refractivity (Wildman–Crippen MR) is 121 cm³/mol. The summed E-state index contributed by atoms with van der Waals surface area (Å²) >= 11 is 0. The van der Waals surface area contributed by atoms with E-state index in [0.29, 0.717) is 25.4 Å². The second-order valence-electron chi connectivity index (χ2n) is 10.1. The number of amides is 1. The van der Waals surface area contributed by atoms with E-state index in [0.717, 1.165) is 41.9 Å². The molecule has 2 fully saturated rings. The van der Waals surface area contributed by atoms with Gasteiger partial charge in [-0.3, -0.25) is 4.79 Å². The molecular weight excluding hydrogens is 398 g/mol. The van der Waals surface area contributed by atoms with E-state index in [9.17, 15) is 13.2 Å². The van der Waals surface area contributed by atoms with Crippen LogP contribution in [0.5, 0.6) is 5.75 Å². The van der Waals surface area contributed by atoms with E-state index in [1.165, 1.54) is 12.8 Å². The van der Waals surface area contributed by atoms with Crippen molar-refractivity contribution < 1.29 is 17.9 Å². The van der Waals surface area contributed by atoms with E-state index in [2.05, 4.69) is 6.92 Å². The van der Waals surface area contributed by atoms with Gasteiger partial charge in [0, 0.05) is 13.1 Å². The molecule has 0 spiro atoms. The summed E-state index contributed by atoms with van der Waals surface area (Å²) in [5, 5.41) is 0. The number of hydrogen-bond acceptors (Lipinski definition) is 4. The molecule has 0 unspecified atom stereocenters. The summed E-state index contributed by atoms with van der Waals surface area (Å²) in [5.74, 6) is 2.10. The van der Waals surface area contributed by atoms with Crippen LogP contribution in [0, 0.1) is 25.7 Å². The van der Waals surface area contributed by atoms with Gasteiger partial charge in [0.25, 0.3) is 0 Å². The van der Waals surface area contributed by atoms with Gasteiger partial charge in [0.2, 0.25) is 5.91 Å². The van der Waals surface area contributed by atoms with Crippen LogP contribution in [0.15, 0.2) is 12.1 Å². The van der Waals surface area contributed by atoms with Crippen LogP contribution < -0.4 is 4.74 Å². The molecule has 3 rings (SSSR count). The molecule has 168 valence electrons. The van der Waals surface area contributed by atoms with Crippen molar-refractivity contribution in [3.05, 3.63) is 28.8 Å². The van der Waals surface area contributed by atoms with Crippen LogP contribution in [0.2, 0.25) is 0 Å². The monoisotopic (exact) mass is 435 g/mol. The topological polar surface area (TPSA) is 63.7 Å². The molecule has 1 aliphatic carbocycles. The van der Waals surface area contributed by atoms with Crippen LogP contribution in [0.25, 0.3) is 0 Å². The highest BCUT2D eigenvalue weighted by Gasteiger charge is 2.33. The van der Waals surface area contributed by atoms with E-state index >= 15 is 0 Å². The first kappa shape index (κ1) is 23.1. The molecule has 1 amide bonds. The molecule has 0 bridgehead atoms. The summed E-state index contributed by atoms with van der Waals surface area (Å²) in [5.41, 5.74) is 3.20. The number of nitrogens with zero attached hydrogens (tertiary/aromatic N) is 1. The molecule has 1 heterocycles. The number of aryl methyl sites for hydroxylation is 1. The van der Waals surface area contributed by atoms with Crippen LogP contribution in [0.4, 0.5) is 0 Å². The first-order chi connectivity index (χ1) is 14.0. The van der Waals surface area contributed by atoms with Crippen molar-refractivity contribution in [2.45, 2.75) is 71.5 Å². The molecule has 6 heteroatoms. The van der Waals surface area contributed by atoms with Crippen LogP contribution in [-0.4, -0.2) is 49.4 Å². The Kier molecular flexibility index (Phi) is 6.85. The zero-order valence-electron chi connectivity index (χ0n) is 19.2. The number of ether oxygens (including phenoxy) is 1. The third kappa shape index (κ3) is 5.57. The highest BCUT2D eigenvalue weighted by atomic mass is 32.2. The minimum atomic E-state index is -3.12. The molecule has 0 radical (unpaired) electrons. The number of piperidine rings is 1. The Labute approximate surface area is 182 Å². The van der Waals surface area contributed by atoms with Gasteiger partial charge in [-0.25, -0.2) is 8.42 Å². The smallest absolute Gasteiger partial charge is 0.227 e. The molecule has 30 heavy (non-hydrogen) atoms. The van der Waals surface area contributed by atoms with Crippen LogP contribution in [-0.2, 0) is 21.1 Å². The normalized spacial score (nSPS) is 18.5. The number of rotatable bonds is 7. The molecular formula is C24H37NO4S. The van der Waals surface area contributed by atoms with Gasteiger partial charge >= 0.3 is 0 Å². The summed E-state index contributed by atoms with van der Waals surface area (Å²) in [7, 11) is -3.12. The van der Waals surface area contributed by atoms with Crippen LogP contribution >= 0.6 is 0 Å². The largest absolute Gasteiger partial charge is 0.493 e. The number of carbonyl (C=O) groups excluding carboxylic acids is 1. The van der Waals surface area contributed by atoms with Crippen molar-refractivity contribution in [1.82, 2.24) is 4.90 Å². The van der Waals surface area contributed by atoms with E-state index in [4.69, 9.17) is 4.74 Å². The Morgan fingerprint density at radius 3 is 2.27 bits per heavy atom. The maximum absolute atomic E-state index is 12.9. The number of sulfone groups is 1. The van der Waals surface area contributed by atoms with Gasteiger partial charge < -0.3 is 9.64 Å². The van der Waals surface area contributed by atoms with Crippen molar-refractivity contribution >= 4 is 15.7 Å². The van der Waals surface area contributed by atoms with Gasteiger partial charge in [-0.1, -0.05) is 12.1 Å². The summed E-state index contributed by atoms with van der Waals surface area (Å²) in [4.78, 5) is 14.8. The fourth-order valence-corrected chi connectivity index (χ4v) is 5.41. The predicted octanol–water partition coefficient (Wildman–Crippen LogP) is 4.09. The van der Waals surface area contributed by atoms with Crippen molar-refractivity contribution in [2.24, 2.45) is 11.8 Å². The first-order valence-corrected chi connectivity index (χ1v) is 12.8. The molecule has 0 atom stereocenters. The molecule has 1 aliphatic heterocycles. The Bertz CT molecular complexity index is 873. The van der Waals surface area contributed by atoms with Crippen molar-refractivity contribution in [2.75, 3.05) is 25.4 Å². The summed E-state index contributed by atoms with van der Waals surface area (Å²) in [6, 6.07) is 4.08. The quantitative estimate of drug-likeness (QED) is 0.647. The van der Waals surface area contributed by atoms with E-state index in [1.807, 2.05) is 24.0 Å². The van der Waals surface area contributed by atoms with Gasteiger partial charge in [-0.2, -0.15) is 0 Å². The molecule has 2 aliphatic rings. The van der Waals surface area contributed by atoms with E-state index in [1.54, 1.807) is 20.8 Å². The minimum absolute atomic E-state index is 0.118. The number of carbonyl (C=O) groups is 1. The molecule has 5 nitrogen and oxygen atoms in total. The molecule has 1 saturated carbocycles. The van der Waals surface area contributed by atoms with Crippen LogP contribution in [0.1, 0.15) is 63.1 Å². The molecule has 0 N–H and O–H groups in total. The number of benzene rings is 1. The zero-order chi connectivity index (χ0) is 22.1. The van der Waals surface area contributed by atoms with Gasteiger partial charge in [-0.05, 0) is 88.8 Å². The minimum Gasteiger partial charge on any atom is -0.493 e. The average molecular weight is 436 g/mol. The summed E-state index contributed by atoms with van der Waals surface area (Å²) in [6.45, 7) is 11.4. The van der Waals surface area contributed by atoms with Crippen LogP contribution in [0.3, 0.4) is 0 Å². The second kappa shape index (κ2) is 8.89. The van der Waals surface area contributed by atoms with Gasteiger partial charge in [0.15, 0.2) is 9.84 Å². The lowest BCUT2D eigenvalue weighted by atomic mass is 9.97. The Hall–Kier alpha value is -1.56. The molecule has 1 aromatic carbocycles. The first-order valence-electron chi connectivity index (χ1n) is 11.2. The summed E-state index contributed by atoms with van der Waals surface area (Å²) in [6.07, 6.45) is 4.39. The molecule has 1 saturated heterocycles. The maximum Gasteiger partial charge on any atom is 0.227 e. The molecule has 0 aromatic heterocycles. The zero-order valence-corrected chi connectivity index (χ0v) is 20.0. The Morgan fingerprint density at radius 1 is 1.07 bits per heavy atom. The lowest BCUT2D eigenvalue weighted by molar-refractivity contribution is -0.131. The highest BCUT2D eigenvalue weighted by Crippen LogP contribution is 2.33. The fourth-order valence-electron chi connectivity index (χ4n) is 3.95. The average Bonchev–Trinajstić information content (AvgIpc) is 3.47. The van der Waals surface area contributed by atoms with Gasteiger partial charge in [0.1, 0.15) is 5.75 Å². The number of hydrogen-bond donors (Lipinski definition) is 0. The standard InChI is InChI=1S/C24H37NO4S/c1-17-6-9-21(18(2)23(17)29-15-19-7-8-19)14-22(26)25-12-10-20(11-13-25)16-30(27,28)24(3,4)5/h6,9,19-20H,7-8,10-16H2,1-5H3. The van der Waals surface area contributed by atoms with E-state index in [-0.39, 0.29) is 17.6 Å². The van der Waals surface area contributed by atoms with Gasteiger partial charge in [0.05, 0.1) is 23.5 Å². The highest BCUT2D eigenvalue weighted by molar-refractivity contribution is 7.92. The van der Waals surface area contributed by atoms with Crippen molar-refractivity contribution in [3.63, 3.8) is 0 Å². The lowest BCUT2D eigenvalue weighted by Gasteiger charge is -2.33. The molecule has 1 aromatic rings. The van der Waals surface area contributed by atoms with Gasteiger partial charge in [-0.15, -0.1) is 0 Å². The third-order valence-electron chi connectivity index (χ3n) is 6.57. The maximum atomic E-state index is 12.9. The second-order valence-corrected chi connectivity index (χ2v) is 12.9. The summed E-state index contributed by atoms with van der Waals surface area (Å²) < 4.78 is 30.3. The fraction of sp³-hybridized carbons (Fsp3) is 0.708. The number of likely N-dealkylation sites (tertiary alicyclic amines) is 1.